The maximum atomic E-state index is 13.3. The summed E-state index contributed by atoms with van der Waals surface area (Å²) >= 11 is 10.0. The number of fused-ring (bicyclic) bond motifs is 1. The van der Waals surface area contributed by atoms with E-state index in [1.54, 1.807) is 42.5 Å². The van der Waals surface area contributed by atoms with Crippen molar-refractivity contribution in [1.29, 1.82) is 0 Å². The Balaban J connectivity index is 1.45. The maximum absolute atomic E-state index is 13.3. The largest absolute Gasteiger partial charge is 0.486 e. The minimum absolute atomic E-state index is 0.199. The van der Waals surface area contributed by atoms with Gasteiger partial charge < -0.3 is 9.84 Å². The number of carboxylic acid groups (broad SMARTS) is 1. The van der Waals surface area contributed by atoms with Gasteiger partial charge in [0, 0.05) is 5.56 Å². The molecule has 0 amide bonds. The van der Waals surface area contributed by atoms with Crippen molar-refractivity contribution >= 4 is 50.6 Å². The second kappa shape index (κ2) is 11.0. The minimum atomic E-state index is -0.988. The lowest BCUT2D eigenvalue weighted by Gasteiger charge is -2.12. The number of ether oxygens (including phenoxy) is 1. The molecular formula is C29H19BrClN3O4. The maximum Gasteiger partial charge on any atom is 0.335 e. The summed E-state index contributed by atoms with van der Waals surface area (Å²) in [5, 5.41) is 14.3. The predicted molar refractivity (Wildman–Crippen MR) is 151 cm³/mol. The van der Waals surface area contributed by atoms with E-state index < -0.39 is 5.97 Å². The molecule has 0 unspecified atom stereocenters. The van der Waals surface area contributed by atoms with E-state index in [9.17, 15) is 9.59 Å². The van der Waals surface area contributed by atoms with Gasteiger partial charge in [0.2, 0.25) is 0 Å². The van der Waals surface area contributed by atoms with Gasteiger partial charge in [0.05, 0.1) is 32.2 Å². The second-order valence-electron chi connectivity index (χ2n) is 8.28. The molecule has 0 atom stereocenters. The number of rotatable bonds is 7. The van der Waals surface area contributed by atoms with Crippen LogP contribution in [0.25, 0.3) is 22.3 Å². The normalized spacial score (nSPS) is 11.2. The number of hydrogen-bond donors (Lipinski definition) is 1. The van der Waals surface area contributed by atoms with Crippen LogP contribution >= 0.6 is 27.5 Å². The molecule has 0 spiro atoms. The highest BCUT2D eigenvalue weighted by atomic mass is 79.9. The van der Waals surface area contributed by atoms with Gasteiger partial charge in [-0.1, -0.05) is 66.2 Å². The summed E-state index contributed by atoms with van der Waals surface area (Å²) < 4.78 is 7.76. The van der Waals surface area contributed by atoms with E-state index in [-0.39, 0.29) is 17.7 Å². The Kier molecular flexibility index (Phi) is 7.35. The first-order valence-electron chi connectivity index (χ1n) is 11.5. The molecule has 5 aromatic rings. The van der Waals surface area contributed by atoms with E-state index in [2.05, 4.69) is 21.0 Å². The molecule has 1 heterocycles. The Morgan fingerprint density at radius 1 is 1.03 bits per heavy atom. The minimum Gasteiger partial charge on any atom is -0.486 e. The number of nitrogens with zero attached hydrogens (tertiary/aromatic N) is 3. The third-order valence-electron chi connectivity index (χ3n) is 5.71. The van der Waals surface area contributed by atoms with E-state index in [1.165, 1.54) is 23.0 Å². The lowest BCUT2D eigenvalue weighted by atomic mass is 10.1. The summed E-state index contributed by atoms with van der Waals surface area (Å²) in [6.45, 7) is 0.199. The van der Waals surface area contributed by atoms with E-state index >= 15 is 0 Å². The zero-order valence-electron chi connectivity index (χ0n) is 19.7. The zero-order chi connectivity index (χ0) is 26.6. The van der Waals surface area contributed by atoms with Gasteiger partial charge in [0.25, 0.3) is 5.56 Å². The average Bonchev–Trinajstić information content (AvgIpc) is 2.93. The Bertz CT molecular complexity index is 1710. The number of aromatic carboxylic acids is 1. The smallest absolute Gasteiger partial charge is 0.335 e. The third-order valence-corrected chi connectivity index (χ3v) is 6.58. The molecule has 0 aliphatic carbocycles. The highest BCUT2D eigenvalue weighted by molar-refractivity contribution is 9.10. The molecule has 38 heavy (non-hydrogen) atoms. The molecular weight excluding hydrogens is 570 g/mol. The first kappa shape index (κ1) is 25.4. The Labute approximate surface area is 230 Å². The van der Waals surface area contributed by atoms with E-state index in [4.69, 9.17) is 26.4 Å². The quantitative estimate of drug-likeness (QED) is 0.215. The van der Waals surface area contributed by atoms with Crippen molar-refractivity contribution in [2.75, 3.05) is 0 Å². The van der Waals surface area contributed by atoms with Gasteiger partial charge in [-0.2, -0.15) is 9.78 Å². The summed E-state index contributed by atoms with van der Waals surface area (Å²) in [5.41, 5.74) is 2.69. The van der Waals surface area contributed by atoms with Crippen LogP contribution in [0.5, 0.6) is 5.75 Å². The van der Waals surface area contributed by atoms with Gasteiger partial charge in [-0.25, -0.2) is 9.78 Å². The summed E-state index contributed by atoms with van der Waals surface area (Å²) in [6, 6.07) is 26.4. The molecule has 1 aromatic heterocycles. The van der Waals surface area contributed by atoms with Crippen LogP contribution in [-0.2, 0) is 6.61 Å². The standard InChI is InChI=1S/C29H19BrClN3O4/c30-23-14-19(15-24(31)26(23)38-17-18-10-12-21(13-11-18)29(36)37)16-32-34-27(20-6-2-1-3-7-20)33-25-9-5-4-8-22(25)28(34)35/h1-16H,17H2,(H,36,37). The van der Waals surface area contributed by atoms with Crippen molar-refractivity contribution in [3.8, 4) is 17.1 Å². The molecule has 0 aliphatic heterocycles. The van der Waals surface area contributed by atoms with Crippen LogP contribution in [0.3, 0.4) is 0 Å². The van der Waals surface area contributed by atoms with Crippen molar-refractivity contribution < 1.29 is 14.6 Å². The Morgan fingerprint density at radius 3 is 2.45 bits per heavy atom. The van der Waals surface area contributed by atoms with Crippen molar-refractivity contribution in [2.24, 2.45) is 5.10 Å². The summed E-state index contributed by atoms with van der Waals surface area (Å²) in [5.74, 6) is -0.136. The van der Waals surface area contributed by atoms with E-state index in [0.717, 1.165) is 11.1 Å². The Hall–Kier alpha value is -4.27. The van der Waals surface area contributed by atoms with Crippen molar-refractivity contribution in [1.82, 2.24) is 9.66 Å². The molecule has 0 saturated heterocycles. The summed E-state index contributed by atoms with van der Waals surface area (Å²) in [4.78, 5) is 29.1. The van der Waals surface area contributed by atoms with Crippen molar-refractivity contribution in [3.63, 3.8) is 0 Å². The van der Waals surface area contributed by atoms with E-state index in [1.807, 2.05) is 36.4 Å². The van der Waals surface area contributed by atoms with Crippen LogP contribution < -0.4 is 10.3 Å². The number of aromatic nitrogens is 2. The average molecular weight is 589 g/mol. The topological polar surface area (TPSA) is 93.8 Å². The molecule has 0 fully saturated rings. The van der Waals surface area contributed by atoms with Gasteiger partial charge in [-0.15, -0.1) is 0 Å². The number of benzene rings is 4. The van der Waals surface area contributed by atoms with Gasteiger partial charge in [0.15, 0.2) is 11.6 Å². The molecule has 9 heteroatoms. The molecule has 0 radical (unpaired) electrons. The third kappa shape index (κ3) is 5.37. The fourth-order valence-electron chi connectivity index (χ4n) is 3.82. The first-order chi connectivity index (χ1) is 18.4. The summed E-state index contributed by atoms with van der Waals surface area (Å²) in [7, 11) is 0. The number of hydrogen-bond acceptors (Lipinski definition) is 5. The molecule has 0 bridgehead atoms. The fraction of sp³-hybridized carbons (Fsp3) is 0.0345. The Morgan fingerprint density at radius 2 is 1.74 bits per heavy atom. The number of carbonyl (C=O) groups is 1. The van der Waals surface area contributed by atoms with Gasteiger partial charge >= 0.3 is 5.97 Å². The van der Waals surface area contributed by atoms with Gasteiger partial charge in [-0.05, 0) is 63.5 Å². The van der Waals surface area contributed by atoms with Crippen LogP contribution in [0.15, 0.2) is 105 Å². The zero-order valence-corrected chi connectivity index (χ0v) is 22.1. The van der Waals surface area contributed by atoms with E-state index in [0.29, 0.717) is 37.5 Å². The lowest BCUT2D eigenvalue weighted by Crippen LogP contribution is -2.20. The first-order valence-corrected chi connectivity index (χ1v) is 12.6. The molecule has 188 valence electrons. The van der Waals surface area contributed by atoms with Gasteiger partial charge in [-0.3, -0.25) is 4.79 Å². The van der Waals surface area contributed by atoms with Crippen LogP contribution in [-0.4, -0.2) is 27.0 Å². The van der Waals surface area contributed by atoms with Gasteiger partial charge in [0.1, 0.15) is 6.61 Å². The highest BCUT2D eigenvalue weighted by Crippen LogP contribution is 2.35. The number of para-hydroxylation sites is 1. The lowest BCUT2D eigenvalue weighted by molar-refractivity contribution is 0.0697. The highest BCUT2D eigenvalue weighted by Gasteiger charge is 2.13. The SMILES string of the molecule is O=C(O)c1ccc(COc2c(Cl)cc(C=Nn3c(-c4ccccc4)nc4ccccc4c3=O)cc2Br)cc1. The summed E-state index contributed by atoms with van der Waals surface area (Å²) in [6.07, 6.45) is 1.54. The molecule has 0 saturated carbocycles. The van der Waals surface area contributed by atoms with Crippen molar-refractivity contribution in [2.45, 2.75) is 6.61 Å². The van der Waals surface area contributed by atoms with Crippen LogP contribution in [0.2, 0.25) is 5.02 Å². The number of carboxylic acids is 1. The van der Waals surface area contributed by atoms with Crippen LogP contribution in [0.4, 0.5) is 0 Å². The van der Waals surface area contributed by atoms with Crippen molar-refractivity contribution in [3.05, 3.63) is 128 Å². The second-order valence-corrected chi connectivity index (χ2v) is 9.55. The number of halogens is 2. The molecule has 5 rings (SSSR count). The predicted octanol–water partition coefficient (Wildman–Crippen LogP) is 6.64. The molecule has 4 aromatic carbocycles. The van der Waals surface area contributed by atoms with Crippen LogP contribution in [0, 0.1) is 0 Å². The van der Waals surface area contributed by atoms with Crippen LogP contribution in [0.1, 0.15) is 21.5 Å². The molecule has 0 aliphatic rings. The molecule has 1 N–H and O–H groups in total. The fourth-order valence-corrected chi connectivity index (χ4v) is 4.81. The monoisotopic (exact) mass is 587 g/mol. The molecule has 7 nitrogen and oxygen atoms in total.